The van der Waals surface area contributed by atoms with Crippen LogP contribution in [0.5, 0.6) is 5.75 Å². The maximum Gasteiger partial charge on any atom is 0.305 e. The molecule has 0 saturated carbocycles. The van der Waals surface area contributed by atoms with Crippen molar-refractivity contribution in [3.05, 3.63) is 77.9 Å². The molecule has 1 aliphatic heterocycles. The smallest absolute Gasteiger partial charge is 0.305 e. The second-order valence-electron chi connectivity index (χ2n) is 6.85. The molecule has 7 nitrogen and oxygen atoms in total. The maximum atomic E-state index is 11.8. The number of carbonyl (C=O) groups excluding carboxylic acids is 1. The van der Waals surface area contributed by atoms with Crippen molar-refractivity contribution in [3.8, 4) is 5.75 Å². The number of hydrogen-bond donors (Lipinski definition) is 2. The van der Waals surface area contributed by atoms with Crippen molar-refractivity contribution in [2.45, 2.75) is 18.3 Å². The molecule has 0 bridgehead atoms. The van der Waals surface area contributed by atoms with Gasteiger partial charge in [-0.2, -0.15) is 5.10 Å². The average Bonchev–Trinajstić information content (AvgIpc) is 3.11. The fraction of sp³-hybridized carbons (Fsp3) is 0.130. The number of amidine groups is 1. The number of carboxylic acids is 1. The van der Waals surface area contributed by atoms with Crippen LogP contribution in [0.4, 0.5) is 0 Å². The highest BCUT2D eigenvalue weighted by atomic mass is 32.2. The number of nitrogens with one attached hydrogen (secondary N) is 1. The number of nitrogens with zero attached hydrogens (tertiary/aromatic N) is 2. The first-order valence-corrected chi connectivity index (χ1v) is 10.5. The van der Waals surface area contributed by atoms with Crippen LogP contribution in [0.2, 0.25) is 0 Å². The Kier molecular flexibility index (Phi) is 6.28. The number of aliphatic carboxylic acids is 1. The number of para-hydroxylation sites is 1. The quantitative estimate of drug-likeness (QED) is 0.436. The van der Waals surface area contributed by atoms with E-state index < -0.39 is 11.2 Å². The predicted octanol–water partition coefficient (Wildman–Crippen LogP) is 3.82. The molecule has 2 N–H and O–H groups in total. The summed E-state index contributed by atoms with van der Waals surface area (Å²) in [7, 11) is 0. The van der Waals surface area contributed by atoms with Crippen LogP contribution >= 0.6 is 11.8 Å². The van der Waals surface area contributed by atoms with Gasteiger partial charge in [-0.05, 0) is 34.5 Å². The Morgan fingerprint density at radius 3 is 2.71 bits per heavy atom. The van der Waals surface area contributed by atoms with Crippen molar-refractivity contribution in [1.82, 2.24) is 5.32 Å². The Bertz CT molecular complexity index is 1190. The van der Waals surface area contributed by atoms with Gasteiger partial charge >= 0.3 is 5.97 Å². The van der Waals surface area contributed by atoms with E-state index in [1.807, 2.05) is 42.5 Å². The second-order valence-corrected chi connectivity index (χ2v) is 8.04. The number of fused-ring (bicyclic) bond motifs is 1. The van der Waals surface area contributed by atoms with Crippen LogP contribution in [0.3, 0.4) is 0 Å². The topological polar surface area (TPSA) is 100 Å². The number of carbonyl (C=O) groups is 2. The van der Waals surface area contributed by atoms with Crippen LogP contribution in [0.15, 0.2) is 76.9 Å². The second kappa shape index (κ2) is 9.44. The molecule has 1 aliphatic rings. The molecular weight excluding hydrogens is 414 g/mol. The van der Waals surface area contributed by atoms with Crippen LogP contribution in [0.1, 0.15) is 17.5 Å². The molecule has 31 heavy (non-hydrogen) atoms. The van der Waals surface area contributed by atoms with Gasteiger partial charge in [0.25, 0.3) is 0 Å². The third kappa shape index (κ3) is 5.29. The minimum Gasteiger partial charge on any atom is -0.488 e. The zero-order chi connectivity index (χ0) is 21.6. The molecule has 1 fully saturated rings. The highest BCUT2D eigenvalue weighted by Gasteiger charge is 2.32. The molecule has 0 aliphatic carbocycles. The van der Waals surface area contributed by atoms with Crippen molar-refractivity contribution < 1.29 is 19.4 Å². The van der Waals surface area contributed by atoms with Crippen molar-refractivity contribution in [2.75, 3.05) is 0 Å². The summed E-state index contributed by atoms with van der Waals surface area (Å²) in [6, 6.07) is 21.8. The molecule has 0 aromatic heterocycles. The molecule has 1 atom stereocenters. The molecule has 4 rings (SSSR count). The van der Waals surface area contributed by atoms with Crippen molar-refractivity contribution in [3.63, 3.8) is 0 Å². The van der Waals surface area contributed by atoms with Gasteiger partial charge in [-0.25, -0.2) is 0 Å². The Hall–Kier alpha value is -3.65. The van der Waals surface area contributed by atoms with Crippen LogP contribution in [-0.4, -0.2) is 33.6 Å². The van der Waals surface area contributed by atoms with Crippen LogP contribution in [0, 0.1) is 0 Å². The zero-order valence-corrected chi connectivity index (χ0v) is 17.2. The lowest BCUT2D eigenvalue weighted by Crippen LogP contribution is -2.26. The number of thioether (sulfide) groups is 1. The molecule has 3 aromatic rings. The highest BCUT2D eigenvalue weighted by molar-refractivity contribution is 8.15. The first kappa shape index (κ1) is 20.6. The fourth-order valence-corrected chi connectivity index (χ4v) is 4.01. The molecule has 1 saturated heterocycles. The first-order chi connectivity index (χ1) is 15.1. The maximum absolute atomic E-state index is 11.8. The lowest BCUT2D eigenvalue weighted by Gasteiger charge is -2.09. The molecular formula is C23H19N3O4S. The van der Waals surface area contributed by atoms with Gasteiger partial charge in [0, 0.05) is 5.56 Å². The monoisotopic (exact) mass is 433 g/mol. The molecule has 0 radical (unpaired) electrons. The molecule has 156 valence electrons. The summed E-state index contributed by atoms with van der Waals surface area (Å²) in [5.41, 5.74) is 1.80. The van der Waals surface area contributed by atoms with E-state index in [1.54, 1.807) is 6.21 Å². The third-order valence-electron chi connectivity index (χ3n) is 4.61. The largest absolute Gasteiger partial charge is 0.488 e. The number of benzene rings is 3. The predicted molar refractivity (Wildman–Crippen MR) is 122 cm³/mol. The minimum atomic E-state index is -1.03. The summed E-state index contributed by atoms with van der Waals surface area (Å²) in [6.45, 7) is 0.410. The number of ether oxygens (including phenoxy) is 1. The van der Waals surface area contributed by atoms with Crippen LogP contribution in [0.25, 0.3) is 10.8 Å². The summed E-state index contributed by atoms with van der Waals surface area (Å²) < 4.78 is 5.99. The number of rotatable bonds is 7. The third-order valence-corrected chi connectivity index (χ3v) is 5.68. The molecule has 1 amide bonds. The minimum absolute atomic E-state index is 0.259. The molecule has 0 spiro atoms. The van der Waals surface area contributed by atoms with E-state index in [1.165, 1.54) is 5.39 Å². The number of hydrogen-bond acceptors (Lipinski definition) is 6. The lowest BCUT2D eigenvalue weighted by molar-refractivity contribution is -0.138. The Morgan fingerprint density at radius 2 is 1.87 bits per heavy atom. The van der Waals surface area contributed by atoms with Crippen molar-refractivity contribution >= 4 is 45.8 Å². The Morgan fingerprint density at radius 1 is 1.10 bits per heavy atom. The van der Waals surface area contributed by atoms with Gasteiger partial charge in [-0.1, -0.05) is 60.3 Å². The van der Waals surface area contributed by atoms with Gasteiger partial charge in [0.15, 0.2) is 5.17 Å². The Labute approximate surface area is 182 Å². The molecule has 8 heteroatoms. The van der Waals surface area contributed by atoms with Crippen molar-refractivity contribution in [2.24, 2.45) is 10.2 Å². The van der Waals surface area contributed by atoms with Crippen molar-refractivity contribution in [1.29, 1.82) is 0 Å². The van der Waals surface area contributed by atoms with E-state index in [0.717, 1.165) is 28.3 Å². The summed E-state index contributed by atoms with van der Waals surface area (Å²) in [5.74, 6) is -0.748. The van der Waals surface area contributed by atoms with E-state index >= 15 is 0 Å². The normalized spacial score (nSPS) is 17.4. The summed E-state index contributed by atoms with van der Waals surface area (Å²) in [4.78, 5) is 22.6. The average molecular weight is 433 g/mol. The van der Waals surface area contributed by atoms with Gasteiger partial charge in [0.05, 0.1) is 12.6 Å². The van der Waals surface area contributed by atoms with Gasteiger partial charge in [-0.15, -0.1) is 5.10 Å². The standard InChI is InChI=1S/C23H19N3O4S/c27-21(28)12-20-22(29)25-23(31-20)26-24-13-18-7-3-4-8-19(18)30-14-15-9-10-16-5-1-2-6-17(16)11-15/h1-11,13,20H,12,14H2,(H,27,28)(H,25,26,29). The lowest BCUT2D eigenvalue weighted by atomic mass is 10.1. The Balaban J connectivity index is 1.42. The molecule has 1 unspecified atom stereocenters. The fourth-order valence-electron chi connectivity index (χ4n) is 3.10. The van der Waals surface area contributed by atoms with E-state index in [2.05, 4.69) is 39.8 Å². The SMILES string of the molecule is O=C(O)CC1SC(=NN=Cc2ccccc2OCc2ccc3ccccc3c2)NC1=O. The molecule has 3 aromatic carbocycles. The first-order valence-electron chi connectivity index (χ1n) is 9.58. The van der Waals surface area contributed by atoms with E-state index in [9.17, 15) is 9.59 Å². The van der Waals surface area contributed by atoms with Gasteiger partial charge in [0.2, 0.25) is 5.91 Å². The zero-order valence-electron chi connectivity index (χ0n) is 16.4. The van der Waals surface area contributed by atoms with E-state index in [4.69, 9.17) is 9.84 Å². The summed E-state index contributed by atoms with van der Waals surface area (Å²) in [5, 5.41) is 21.3. The van der Waals surface area contributed by atoms with E-state index in [-0.39, 0.29) is 17.5 Å². The molecule has 1 heterocycles. The summed E-state index contributed by atoms with van der Waals surface area (Å²) >= 11 is 1.06. The van der Waals surface area contributed by atoms with E-state index in [0.29, 0.717) is 12.4 Å². The van der Waals surface area contributed by atoms with Gasteiger partial charge < -0.3 is 15.2 Å². The van der Waals surface area contributed by atoms with Crippen LogP contribution < -0.4 is 10.1 Å². The van der Waals surface area contributed by atoms with Crippen LogP contribution in [-0.2, 0) is 16.2 Å². The van der Waals surface area contributed by atoms with Gasteiger partial charge in [0.1, 0.15) is 17.6 Å². The number of amides is 1. The van der Waals surface area contributed by atoms with Gasteiger partial charge in [-0.3, -0.25) is 9.59 Å². The highest BCUT2D eigenvalue weighted by Crippen LogP contribution is 2.23. The summed E-state index contributed by atoms with van der Waals surface area (Å²) in [6.07, 6.45) is 1.28. The number of carboxylic acid groups (broad SMARTS) is 1.